The molecule has 4 aromatic rings. The highest BCUT2D eigenvalue weighted by Gasteiger charge is 2.48. The molecule has 0 bridgehead atoms. The van der Waals surface area contributed by atoms with Crippen LogP contribution < -0.4 is 0 Å². The number of phenols is 2. The van der Waals surface area contributed by atoms with Gasteiger partial charge in [0.25, 0.3) is 0 Å². The van der Waals surface area contributed by atoms with Gasteiger partial charge in [0.2, 0.25) is 0 Å². The fourth-order valence-electron chi connectivity index (χ4n) is 6.07. The molecule has 2 N–H and O–H groups in total. The van der Waals surface area contributed by atoms with Crippen molar-refractivity contribution in [1.29, 1.82) is 0 Å². The van der Waals surface area contributed by atoms with E-state index in [-0.39, 0.29) is 24.7 Å². The van der Waals surface area contributed by atoms with Crippen molar-refractivity contribution < 1.29 is 29.2 Å². The first-order valence-electron chi connectivity index (χ1n) is 12.7. The van der Waals surface area contributed by atoms with Gasteiger partial charge in [-0.2, -0.15) is 0 Å². The summed E-state index contributed by atoms with van der Waals surface area (Å²) in [7, 11) is 4.58. The van der Waals surface area contributed by atoms with E-state index >= 15 is 0 Å². The number of aromatic hydroxyl groups is 2. The first kappa shape index (κ1) is 26.5. The summed E-state index contributed by atoms with van der Waals surface area (Å²) in [6.07, 6.45) is 0. The predicted octanol–water partition coefficient (Wildman–Crippen LogP) is 6.16. The molecule has 0 radical (unpaired) electrons. The third-order valence-corrected chi connectivity index (χ3v) is 7.70. The number of rotatable bonds is 7. The van der Waals surface area contributed by atoms with Crippen LogP contribution in [0.25, 0.3) is 11.1 Å². The highest BCUT2D eigenvalue weighted by molar-refractivity contribution is 6.02. The zero-order chi connectivity index (χ0) is 27.9. The minimum absolute atomic E-state index is 0.188. The van der Waals surface area contributed by atoms with Crippen molar-refractivity contribution in [3.05, 3.63) is 117 Å². The molecule has 0 spiro atoms. The number of fused-ring (bicyclic) bond motifs is 3. The van der Waals surface area contributed by atoms with Crippen LogP contribution in [0, 0.1) is 13.8 Å². The number of aryl methyl sites for hydroxylation is 2. The van der Waals surface area contributed by atoms with Gasteiger partial charge in [0.15, 0.2) is 0 Å². The van der Waals surface area contributed by atoms with Crippen molar-refractivity contribution in [3.8, 4) is 22.6 Å². The smallest absolute Gasteiger partial charge is 0.338 e. The molecular formula is C33H32O6. The molecule has 200 valence electrons. The van der Waals surface area contributed by atoms with Crippen LogP contribution in [0.3, 0.4) is 0 Å². The number of benzene rings is 4. The first-order valence-corrected chi connectivity index (χ1v) is 12.7. The van der Waals surface area contributed by atoms with Crippen LogP contribution in [-0.4, -0.2) is 37.5 Å². The molecule has 0 aromatic heterocycles. The lowest BCUT2D eigenvalue weighted by molar-refractivity contribution is 0.0601. The Morgan fingerprint density at radius 2 is 1.28 bits per heavy atom. The van der Waals surface area contributed by atoms with Gasteiger partial charge in [0, 0.05) is 30.9 Å². The number of hydrogen-bond donors (Lipinski definition) is 2. The molecule has 39 heavy (non-hydrogen) atoms. The summed E-state index contributed by atoms with van der Waals surface area (Å²) in [4.78, 5) is 13.0. The van der Waals surface area contributed by atoms with Gasteiger partial charge in [-0.05, 0) is 71.0 Å². The Balaban J connectivity index is 2.00. The fraction of sp³-hybridized carbons (Fsp3) is 0.242. The second kappa shape index (κ2) is 10.2. The highest BCUT2D eigenvalue weighted by Crippen LogP contribution is 2.58. The van der Waals surface area contributed by atoms with E-state index in [0.29, 0.717) is 27.8 Å². The third kappa shape index (κ3) is 3.99. The van der Waals surface area contributed by atoms with Crippen molar-refractivity contribution >= 4 is 5.97 Å². The largest absolute Gasteiger partial charge is 0.507 e. The Bertz CT molecular complexity index is 1520. The zero-order valence-electron chi connectivity index (χ0n) is 22.8. The number of methoxy groups -OCH3 is 3. The Labute approximate surface area is 228 Å². The van der Waals surface area contributed by atoms with Crippen molar-refractivity contribution in [2.24, 2.45) is 0 Å². The lowest BCUT2D eigenvalue weighted by atomic mass is 9.66. The molecule has 0 amide bonds. The summed E-state index contributed by atoms with van der Waals surface area (Å²) in [5, 5.41) is 21.8. The van der Waals surface area contributed by atoms with Gasteiger partial charge in [-0.3, -0.25) is 0 Å². The topological polar surface area (TPSA) is 85.2 Å². The average molecular weight is 525 g/mol. The molecule has 0 saturated carbocycles. The Morgan fingerprint density at radius 1 is 0.744 bits per heavy atom. The molecule has 0 fully saturated rings. The van der Waals surface area contributed by atoms with Gasteiger partial charge in [0.05, 0.1) is 31.3 Å². The Hall–Kier alpha value is -4.13. The second-order valence-corrected chi connectivity index (χ2v) is 9.98. The van der Waals surface area contributed by atoms with Gasteiger partial charge in [-0.1, -0.05) is 48.5 Å². The molecule has 0 unspecified atom stereocenters. The summed E-state index contributed by atoms with van der Waals surface area (Å²) in [6, 6.07) is 21.7. The predicted molar refractivity (Wildman–Crippen MR) is 149 cm³/mol. The maximum absolute atomic E-state index is 13.0. The van der Waals surface area contributed by atoms with Crippen LogP contribution in [0.2, 0.25) is 0 Å². The molecule has 5 rings (SSSR count). The second-order valence-electron chi connectivity index (χ2n) is 9.98. The van der Waals surface area contributed by atoms with Crippen LogP contribution in [0.4, 0.5) is 0 Å². The van der Waals surface area contributed by atoms with E-state index in [1.54, 1.807) is 20.3 Å². The van der Waals surface area contributed by atoms with Gasteiger partial charge in [-0.25, -0.2) is 4.79 Å². The molecule has 6 nitrogen and oxygen atoms in total. The van der Waals surface area contributed by atoms with Crippen LogP contribution in [0.15, 0.2) is 66.7 Å². The summed E-state index contributed by atoms with van der Waals surface area (Å²) in [5.74, 6) is -0.0404. The standard InChI is InChI=1S/C33H32O6/c1-19-13-23(15-21(17-37-3)30(19)34)33(24-14-20(2)31(35)22(16-24)18-38-4)27-11-7-6-9-25(27)29-26(32(36)39-5)10-8-12-28(29)33/h6-16,34-35H,17-18H2,1-5H3. The number of phenolic OH excluding ortho intramolecular Hbond substituents is 2. The fourth-order valence-corrected chi connectivity index (χ4v) is 6.07. The molecule has 1 aliphatic carbocycles. The minimum Gasteiger partial charge on any atom is -0.507 e. The Morgan fingerprint density at radius 3 is 1.82 bits per heavy atom. The number of carbonyl (C=O) groups is 1. The van der Waals surface area contributed by atoms with E-state index in [4.69, 9.17) is 14.2 Å². The lowest BCUT2D eigenvalue weighted by Gasteiger charge is -2.35. The van der Waals surface area contributed by atoms with Gasteiger partial charge < -0.3 is 24.4 Å². The van der Waals surface area contributed by atoms with Gasteiger partial charge in [0.1, 0.15) is 11.5 Å². The van der Waals surface area contributed by atoms with E-state index in [9.17, 15) is 15.0 Å². The van der Waals surface area contributed by atoms with Crippen LogP contribution >= 0.6 is 0 Å². The van der Waals surface area contributed by atoms with E-state index in [1.807, 2.05) is 68.4 Å². The molecule has 0 saturated heterocycles. The first-order chi connectivity index (χ1) is 18.8. The molecule has 0 atom stereocenters. The maximum atomic E-state index is 13.0. The van der Waals surface area contributed by atoms with E-state index in [1.165, 1.54) is 7.11 Å². The number of hydrogen-bond acceptors (Lipinski definition) is 6. The summed E-state index contributed by atoms with van der Waals surface area (Å²) in [6.45, 7) is 4.21. The quantitative estimate of drug-likeness (QED) is 0.248. The van der Waals surface area contributed by atoms with Gasteiger partial charge in [-0.15, -0.1) is 0 Å². The normalized spacial score (nSPS) is 13.2. The molecule has 0 heterocycles. The Kier molecular flexibility index (Phi) is 6.93. The van der Waals surface area contributed by atoms with Crippen LogP contribution in [0.1, 0.15) is 54.9 Å². The van der Waals surface area contributed by atoms with E-state index < -0.39 is 11.4 Å². The highest BCUT2D eigenvalue weighted by atomic mass is 16.5. The maximum Gasteiger partial charge on any atom is 0.338 e. The molecule has 0 aliphatic heterocycles. The molecular weight excluding hydrogens is 492 g/mol. The van der Waals surface area contributed by atoms with Crippen molar-refractivity contribution in [1.82, 2.24) is 0 Å². The van der Waals surface area contributed by atoms with Gasteiger partial charge >= 0.3 is 5.97 Å². The zero-order valence-corrected chi connectivity index (χ0v) is 22.8. The number of ether oxygens (including phenoxy) is 3. The number of carbonyl (C=O) groups excluding carboxylic acids is 1. The van der Waals surface area contributed by atoms with Crippen molar-refractivity contribution in [3.63, 3.8) is 0 Å². The van der Waals surface area contributed by atoms with Crippen LogP contribution in [-0.2, 0) is 32.8 Å². The molecule has 4 aromatic carbocycles. The molecule has 6 heteroatoms. The summed E-state index contributed by atoms with van der Waals surface area (Å²) < 4.78 is 16.1. The minimum atomic E-state index is -0.877. The average Bonchev–Trinajstić information content (AvgIpc) is 3.24. The summed E-state index contributed by atoms with van der Waals surface area (Å²) >= 11 is 0. The SMILES string of the molecule is COCc1cc(C2(c3cc(C)c(O)c(COC)c3)c3ccccc3-c3c(C(=O)OC)cccc32)cc(C)c1O. The van der Waals surface area contributed by atoms with Crippen LogP contribution in [0.5, 0.6) is 11.5 Å². The molecule has 1 aliphatic rings. The lowest BCUT2D eigenvalue weighted by Crippen LogP contribution is -2.29. The van der Waals surface area contributed by atoms with E-state index in [2.05, 4.69) is 6.07 Å². The van der Waals surface area contributed by atoms with Crippen molar-refractivity contribution in [2.75, 3.05) is 21.3 Å². The monoisotopic (exact) mass is 524 g/mol. The van der Waals surface area contributed by atoms with E-state index in [0.717, 1.165) is 33.4 Å². The summed E-state index contributed by atoms with van der Waals surface area (Å²) in [5.41, 5.74) is 7.78. The third-order valence-electron chi connectivity index (χ3n) is 7.70. The van der Waals surface area contributed by atoms with Crippen molar-refractivity contribution in [2.45, 2.75) is 32.5 Å². The number of esters is 1.